The lowest BCUT2D eigenvalue weighted by Crippen LogP contribution is -2.43. The Labute approximate surface area is 105 Å². The molecule has 0 amide bonds. The second-order valence-electron chi connectivity index (χ2n) is 4.16. The van der Waals surface area contributed by atoms with E-state index in [1.807, 2.05) is 6.07 Å². The van der Waals surface area contributed by atoms with Crippen molar-refractivity contribution in [1.29, 1.82) is 0 Å². The van der Waals surface area contributed by atoms with Crippen molar-refractivity contribution in [3.63, 3.8) is 0 Å². The van der Waals surface area contributed by atoms with Crippen molar-refractivity contribution >= 4 is 21.6 Å². The van der Waals surface area contributed by atoms with E-state index in [1.165, 1.54) is 18.5 Å². The summed E-state index contributed by atoms with van der Waals surface area (Å²) in [7, 11) is 0. The van der Waals surface area contributed by atoms with Crippen LogP contribution in [0.2, 0.25) is 0 Å². The molecule has 0 radical (unpaired) electrons. The summed E-state index contributed by atoms with van der Waals surface area (Å²) in [5.41, 5.74) is 1.25. The van der Waals surface area contributed by atoms with Gasteiger partial charge in [-0.2, -0.15) is 0 Å². The maximum atomic E-state index is 5.19. The molecule has 0 spiro atoms. The molecule has 0 aromatic heterocycles. The van der Waals surface area contributed by atoms with Crippen LogP contribution in [0.5, 0.6) is 0 Å². The van der Waals surface area contributed by atoms with Crippen LogP contribution in [0.25, 0.3) is 0 Å². The lowest BCUT2D eigenvalue weighted by Gasteiger charge is -2.37. The minimum absolute atomic E-state index is 0.410. The van der Waals surface area contributed by atoms with Gasteiger partial charge in [-0.1, -0.05) is 22.0 Å². The van der Waals surface area contributed by atoms with Crippen molar-refractivity contribution in [2.24, 2.45) is 5.90 Å². The van der Waals surface area contributed by atoms with Crippen LogP contribution >= 0.6 is 15.9 Å². The highest BCUT2D eigenvalue weighted by Crippen LogP contribution is 2.26. The average Bonchev–Trinajstić information content (AvgIpc) is 2.30. The normalized spacial score (nSPS) is 21.1. The lowest BCUT2D eigenvalue weighted by molar-refractivity contribution is 0.114. The summed E-state index contributed by atoms with van der Waals surface area (Å²) in [6.07, 6.45) is 3.66. The van der Waals surface area contributed by atoms with Crippen molar-refractivity contribution in [2.45, 2.75) is 25.3 Å². The van der Waals surface area contributed by atoms with Crippen LogP contribution < -0.4 is 10.8 Å². The molecule has 1 atom stereocenters. The summed E-state index contributed by atoms with van der Waals surface area (Å²) in [5, 5.41) is 0. The second-order valence-corrected chi connectivity index (χ2v) is 5.07. The highest BCUT2D eigenvalue weighted by atomic mass is 79.9. The molecular formula is C12H17BrN2O. The molecule has 2 rings (SSSR count). The maximum absolute atomic E-state index is 5.19. The molecule has 88 valence electrons. The molecule has 3 nitrogen and oxygen atoms in total. The Morgan fingerprint density at radius 1 is 1.44 bits per heavy atom. The van der Waals surface area contributed by atoms with Crippen molar-refractivity contribution in [3.8, 4) is 0 Å². The molecule has 1 unspecified atom stereocenters. The van der Waals surface area contributed by atoms with E-state index in [1.54, 1.807) is 0 Å². The monoisotopic (exact) mass is 284 g/mol. The summed E-state index contributed by atoms with van der Waals surface area (Å²) in [4.78, 5) is 7.20. The summed E-state index contributed by atoms with van der Waals surface area (Å²) in [6, 6.07) is 8.80. The van der Waals surface area contributed by atoms with Crippen LogP contribution in [0, 0.1) is 0 Å². The lowest BCUT2D eigenvalue weighted by atomic mass is 10.0. The van der Waals surface area contributed by atoms with E-state index >= 15 is 0 Å². The molecule has 1 heterocycles. The van der Waals surface area contributed by atoms with E-state index in [9.17, 15) is 0 Å². The predicted molar refractivity (Wildman–Crippen MR) is 69.3 cm³/mol. The molecule has 1 aliphatic heterocycles. The van der Waals surface area contributed by atoms with Gasteiger partial charge >= 0.3 is 0 Å². The number of rotatable bonds is 3. The zero-order chi connectivity index (χ0) is 11.4. The highest BCUT2D eigenvalue weighted by Gasteiger charge is 2.22. The summed E-state index contributed by atoms with van der Waals surface area (Å²) < 4.78 is 1.11. The zero-order valence-electron chi connectivity index (χ0n) is 9.23. The van der Waals surface area contributed by atoms with Gasteiger partial charge in [0, 0.05) is 16.7 Å². The molecule has 0 saturated carbocycles. The number of anilines is 1. The Morgan fingerprint density at radius 3 is 3.06 bits per heavy atom. The molecule has 1 aromatic rings. The van der Waals surface area contributed by atoms with Crippen LogP contribution in [0.3, 0.4) is 0 Å². The van der Waals surface area contributed by atoms with Gasteiger partial charge in [0.1, 0.15) is 0 Å². The smallest absolute Gasteiger partial charge is 0.0882 e. The Kier molecular flexibility index (Phi) is 4.21. The molecule has 16 heavy (non-hydrogen) atoms. The zero-order valence-corrected chi connectivity index (χ0v) is 10.8. The quantitative estimate of drug-likeness (QED) is 0.868. The van der Waals surface area contributed by atoms with Gasteiger partial charge in [0.05, 0.1) is 12.6 Å². The molecule has 1 aromatic carbocycles. The van der Waals surface area contributed by atoms with Gasteiger partial charge in [0.25, 0.3) is 0 Å². The largest absolute Gasteiger partial charge is 0.366 e. The second kappa shape index (κ2) is 5.66. The predicted octanol–water partition coefficient (Wildman–Crippen LogP) is 2.70. The van der Waals surface area contributed by atoms with Gasteiger partial charge in [0.2, 0.25) is 0 Å². The summed E-state index contributed by atoms with van der Waals surface area (Å²) >= 11 is 3.51. The number of hydrogen-bond acceptors (Lipinski definition) is 3. The number of piperidine rings is 1. The molecule has 1 fully saturated rings. The van der Waals surface area contributed by atoms with Crippen molar-refractivity contribution in [1.82, 2.24) is 0 Å². The van der Waals surface area contributed by atoms with Crippen molar-refractivity contribution < 1.29 is 4.84 Å². The van der Waals surface area contributed by atoms with Gasteiger partial charge in [-0.15, -0.1) is 0 Å². The molecule has 2 N–H and O–H groups in total. The fourth-order valence-electron chi connectivity index (χ4n) is 2.28. The average molecular weight is 285 g/mol. The minimum Gasteiger partial charge on any atom is -0.366 e. The number of benzene rings is 1. The highest BCUT2D eigenvalue weighted by molar-refractivity contribution is 9.10. The van der Waals surface area contributed by atoms with Gasteiger partial charge < -0.3 is 9.74 Å². The maximum Gasteiger partial charge on any atom is 0.0882 e. The Morgan fingerprint density at radius 2 is 2.31 bits per heavy atom. The van der Waals surface area contributed by atoms with Gasteiger partial charge in [0.15, 0.2) is 0 Å². The Balaban J connectivity index is 2.16. The van der Waals surface area contributed by atoms with Crippen LogP contribution in [0.4, 0.5) is 5.69 Å². The Hall–Kier alpha value is -0.580. The first kappa shape index (κ1) is 11.9. The number of nitrogens with two attached hydrogens (primary N) is 1. The van der Waals surface area contributed by atoms with Crippen LogP contribution in [-0.2, 0) is 4.84 Å². The third-order valence-corrected chi connectivity index (χ3v) is 3.55. The van der Waals surface area contributed by atoms with Gasteiger partial charge in [-0.05, 0) is 37.5 Å². The molecule has 4 heteroatoms. The van der Waals surface area contributed by atoms with Crippen LogP contribution in [0.1, 0.15) is 19.3 Å². The summed E-state index contributed by atoms with van der Waals surface area (Å²) in [6.45, 7) is 1.69. The third kappa shape index (κ3) is 2.75. The third-order valence-electron chi connectivity index (χ3n) is 3.06. The number of nitrogens with zero attached hydrogens (tertiary/aromatic N) is 1. The topological polar surface area (TPSA) is 38.5 Å². The van der Waals surface area contributed by atoms with Gasteiger partial charge in [-0.25, -0.2) is 5.90 Å². The molecule has 0 aliphatic carbocycles. The van der Waals surface area contributed by atoms with E-state index in [2.05, 4.69) is 39.0 Å². The van der Waals surface area contributed by atoms with E-state index in [0.717, 1.165) is 17.4 Å². The first-order valence-electron chi connectivity index (χ1n) is 5.65. The van der Waals surface area contributed by atoms with E-state index in [4.69, 9.17) is 10.7 Å². The van der Waals surface area contributed by atoms with Gasteiger partial charge in [-0.3, -0.25) is 0 Å². The van der Waals surface area contributed by atoms with E-state index in [-0.39, 0.29) is 0 Å². The van der Waals surface area contributed by atoms with Crippen molar-refractivity contribution in [3.05, 3.63) is 28.7 Å². The Bertz CT molecular complexity index is 344. The molecule has 0 bridgehead atoms. The number of hydrogen-bond donors (Lipinski definition) is 1. The van der Waals surface area contributed by atoms with E-state index in [0.29, 0.717) is 12.6 Å². The SMILES string of the molecule is NOCC1CCCCN1c1cccc(Br)c1. The fraction of sp³-hybridized carbons (Fsp3) is 0.500. The fourth-order valence-corrected chi connectivity index (χ4v) is 2.67. The standard InChI is InChI=1S/C12H17BrN2O/c13-10-4-3-6-11(8-10)15-7-2-1-5-12(15)9-16-14/h3-4,6,8,12H,1-2,5,7,9,14H2. The molecule has 1 saturated heterocycles. The van der Waals surface area contributed by atoms with Crippen LogP contribution in [-0.4, -0.2) is 19.2 Å². The molecular weight excluding hydrogens is 268 g/mol. The van der Waals surface area contributed by atoms with Crippen LogP contribution in [0.15, 0.2) is 28.7 Å². The first-order valence-corrected chi connectivity index (χ1v) is 6.44. The number of halogens is 1. The first-order chi connectivity index (χ1) is 7.81. The molecule has 1 aliphatic rings. The minimum atomic E-state index is 0.410. The van der Waals surface area contributed by atoms with E-state index < -0.39 is 0 Å². The van der Waals surface area contributed by atoms with Crippen molar-refractivity contribution in [2.75, 3.05) is 18.1 Å². The summed E-state index contributed by atoms with van der Waals surface area (Å²) in [5.74, 6) is 5.19.